The van der Waals surface area contributed by atoms with E-state index >= 15 is 0 Å². The minimum atomic E-state index is 0. The van der Waals surface area contributed by atoms with Crippen molar-refractivity contribution in [1.82, 2.24) is 0 Å². The molecule has 0 atom stereocenters. The smallest absolute Gasteiger partial charge is 0 e. The predicted octanol–water partition coefficient (Wildman–Crippen LogP) is -0.0100. The van der Waals surface area contributed by atoms with Gasteiger partial charge >= 0.3 is 0 Å². The molecule has 0 amide bonds. The Morgan fingerprint density at radius 2 is 0.750 bits per heavy atom. The van der Waals surface area contributed by atoms with Crippen LogP contribution < -0.4 is 0 Å². The van der Waals surface area contributed by atoms with Crippen LogP contribution in [0.1, 0.15) is 0 Å². The molecule has 0 aliphatic rings. The molecule has 0 radical (unpaired) electrons. The molecule has 0 rings (SSSR count). The van der Waals surface area contributed by atoms with Crippen LogP contribution in [0.2, 0.25) is 0 Å². The first-order valence-electron chi connectivity index (χ1n) is 0. The summed E-state index contributed by atoms with van der Waals surface area (Å²) < 4.78 is 0. The molecule has 0 aromatic carbocycles. The second kappa shape index (κ2) is 18.0. The largest absolute Gasteiger partial charge is 0 e. The van der Waals surface area contributed by atoms with E-state index in [4.69, 9.17) is 0 Å². The Balaban J connectivity index is 0. The maximum absolute atomic E-state index is 0. The fourth-order valence-electron chi connectivity index (χ4n) is 0. The summed E-state index contributed by atoms with van der Waals surface area (Å²) in [5.74, 6) is 0. The van der Waals surface area contributed by atoms with E-state index in [-0.39, 0.29) is 77.0 Å². The summed E-state index contributed by atoms with van der Waals surface area (Å²) in [5, 5.41) is 0. The average Bonchev–Trinajstić information content (AvgIpc) is 0. The molecule has 0 N–H and O–H groups in total. The molecule has 0 saturated heterocycles. The van der Waals surface area contributed by atoms with E-state index in [1.807, 2.05) is 0 Å². The topological polar surface area (TPSA) is 0 Å². The molecule has 4 heavy (non-hydrogen) atoms. The third kappa shape index (κ3) is 8.82. The zero-order valence-electron chi connectivity index (χ0n) is 1.67. The summed E-state index contributed by atoms with van der Waals surface area (Å²) in [6, 6.07) is 0. The first-order chi connectivity index (χ1) is 0. The second-order valence-electron chi connectivity index (χ2n) is 0. The number of hydrogen-bond donors (Lipinski definition) is 0. The van der Waals surface area contributed by atoms with Crippen molar-refractivity contribution < 1.29 is 77.0 Å². The Bertz CT molecular complexity index is 6.00. The van der Waals surface area contributed by atoms with Gasteiger partial charge in [0.25, 0.3) is 0 Å². The normalized spacial score (nSPS) is 0. The van der Waals surface area contributed by atoms with Crippen LogP contribution in [0.15, 0.2) is 0 Å². The standard InChI is InChI=1S/Fe.Ni.2Ti. The van der Waals surface area contributed by atoms with Crippen LogP contribution in [0.25, 0.3) is 0 Å². The first kappa shape index (κ1) is 32.0. The summed E-state index contributed by atoms with van der Waals surface area (Å²) in [4.78, 5) is 0. The van der Waals surface area contributed by atoms with E-state index in [0.717, 1.165) is 0 Å². The van der Waals surface area contributed by atoms with Crippen LogP contribution in [0.4, 0.5) is 0 Å². The van der Waals surface area contributed by atoms with Crippen LogP contribution >= 0.6 is 0 Å². The van der Waals surface area contributed by atoms with Gasteiger partial charge in [0, 0.05) is 77.0 Å². The zero-order chi connectivity index (χ0) is 0. The monoisotopic (exact) mass is 210 g/mol. The summed E-state index contributed by atoms with van der Waals surface area (Å²) in [6.45, 7) is 0. The molecular weight excluding hydrogens is 210 g/mol. The van der Waals surface area contributed by atoms with Gasteiger partial charge in [0.1, 0.15) is 0 Å². The number of hydrogen-bond acceptors (Lipinski definition) is 0. The van der Waals surface area contributed by atoms with Crippen LogP contribution in [-0.4, -0.2) is 0 Å². The van der Waals surface area contributed by atoms with Crippen LogP contribution in [0.5, 0.6) is 0 Å². The van der Waals surface area contributed by atoms with Crippen molar-refractivity contribution in [3.05, 3.63) is 0 Å². The fraction of sp³-hybridized carbons (Fsp3) is 0. The third-order valence-corrected chi connectivity index (χ3v) is 0. The average molecular weight is 210 g/mol. The van der Waals surface area contributed by atoms with E-state index in [9.17, 15) is 0 Å². The van der Waals surface area contributed by atoms with Gasteiger partial charge in [0.05, 0.1) is 0 Å². The minimum absolute atomic E-state index is 0. The summed E-state index contributed by atoms with van der Waals surface area (Å²) in [5.41, 5.74) is 0. The Labute approximate surface area is 76.0 Å². The van der Waals surface area contributed by atoms with Crippen molar-refractivity contribution in [3.8, 4) is 0 Å². The molecule has 0 unspecified atom stereocenters. The molecule has 0 saturated carbocycles. The predicted molar refractivity (Wildman–Crippen MR) is 0 cm³/mol. The van der Waals surface area contributed by atoms with Crippen molar-refractivity contribution in [2.75, 3.05) is 0 Å². The van der Waals surface area contributed by atoms with Crippen molar-refractivity contribution >= 4 is 0 Å². The Morgan fingerprint density at radius 1 is 0.750 bits per heavy atom. The molecule has 26 valence electrons. The Hall–Kier alpha value is 2.44. The van der Waals surface area contributed by atoms with E-state index in [2.05, 4.69) is 0 Å². The molecule has 4 heteroatoms. The van der Waals surface area contributed by atoms with Crippen LogP contribution in [0.3, 0.4) is 0 Å². The van der Waals surface area contributed by atoms with Crippen molar-refractivity contribution in [2.24, 2.45) is 0 Å². The van der Waals surface area contributed by atoms with Crippen molar-refractivity contribution in [1.29, 1.82) is 0 Å². The van der Waals surface area contributed by atoms with Gasteiger partial charge in [-0.25, -0.2) is 0 Å². The first-order valence-corrected chi connectivity index (χ1v) is 0. The summed E-state index contributed by atoms with van der Waals surface area (Å²) in [7, 11) is 0. The Morgan fingerprint density at radius 3 is 0.750 bits per heavy atom. The van der Waals surface area contributed by atoms with Gasteiger partial charge in [0.15, 0.2) is 0 Å². The summed E-state index contributed by atoms with van der Waals surface area (Å²) >= 11 is 0. The van der Waals surface area contributed by atoms with Crippen LogP contribution in [0, 0.1) is 0 Å². The number of rotatable bonds is 0. The quantitative estimate of drug-likeness (QED) is 0.493. The van der Waals surface area contributed by atoms with E-state index in [0.29, 0.717) is 0 Å². The SMILES string of the molecule is [Fe].[Ni].[Ti].[Ti]. The maximum Gasteiger partial charge on any atom is 0 e. The van der Waals surface area contributed by atoms with Gasteiger partial charge in [-0.15, -0.1) is 0 Å². The van der Waals surface area contributed by atoms with Gasteiger partial charge in [-0.05, 0) is 0 Å². The molecule has 0 aliphatic heterocycles. The molecule has 0 spiro atoms. The second-order valence-corrected chi connectivity index (χ2v) is 0. The molecule has 0 aromatic rings. The fourth-order valence-corrected chi connectivity index (χ4v) is 0. The minimum Gasteiger partial charge on any atom is 0 e. The van der Waals surface area contributed by atoms with E-state index < -0.39 is 0 Å². The van der Waals surface area contributed by atoms with Gasteiger partial charge in [-0.2, -0.15) is 0 Å². The van der Waals surface area contributed by atoms with Gasteiger partial charge in [-0.1, -0.05) is 0 Å². The van der Waals surface area contributed by atoms with Crippen LogP contribution in [-0.2, 0) is 77.0 Å². The van der Waals surface area contributed by atoms with E-state index in [1.54, 1.807) is 0 Å². The molecule has 0 aromatic heterocycles. The molecule has 0 aliphatic carbocycles. The van der Waals surface area contributed by atoms with E-state index in [1.165, 1.54) is 0 Å². The molecule has 0 nitrogen and oxygen atoms in total. The van der Waals surface area contributed by atoms with Gasteiger partial charge in [-0.3, -0.25) is 0 Å². The van der Waals surface area contributed by atoms with Crippen molar-refractivity contribution in [3.63, 3.8) is 0 Å². The zero-order valence-corrected chi connectivity index (χ0v) is 6.88. The molecule has 0 bridgehead atoms. The molecular formula is FeNiTi2. The van der Waals surface area contributed by atoms with Crippen molar-refractivity contribution in [2.45, 2.75) is 0 Å². The molecule has 0 heterocycles. The Kier molecular flexibility index (Phi) is 144. The summed E-state index contributed by atoms with van der Waals surface area (Å²) in [6.07, 6.45) is 0. The molecule has 0 fully saturated rings. The van der Waals surface area contributed by atoms with Gasteiger partial charge < -0.3 is 0 Å². The third-order valence-electron chi connectivity index (χ3n) is 0. The maximum atomic E-state index is 0. The van der Waals surface area contributed by atoms with Gasteiger partial charge in [0.2, 0.25) is 0 Å².